The van der Waals surface area contributed by atoms with E-state index >= 15 is 0 Å². The molecule has 1 heterocycles. The van der Waals surface area contributed by atoms with Crippen molar-refractivity contribution in [3.63, 3.8) is 0 Å². The van der Waals surface area contributed by atoms with Gasteiger partial charge in [0.25, 0.3) is 11.8 Å². The Bertz CT molecular complexity index is 1250. The first-order valence-corrected chi connectivity index (χ1v) is 10.9. The van der Waals surface area contributed by atoms with Crippen LogP contribution in [-0.4, -0.2) is 36.1 Å². The van der Waals surface area contributed by atoms with Crippen molar-refractivity contribution in [2.45, 2.75) is 27.2 Å². The van der Waals surface area contributed by atoms with Crippen LogP contribution < -0.4 is 14.4 Å². The van der Waals surface area contributed by atoms with E-state index in [0.29, 0.717) is 46.7 Å². The number of fused-ring (bicyclic) bond motifs is 2. The molecule has 0 radical (unpaired) electrons. The van der Waals surface area contributed by atoms with Crippen molar-refractivity contribution in [1.29, 1.82) is 0 Å². The van der Waals surface area contributed by atoms with E-state index in [-0.39, 0.29) is 23.5 Å². The maximum absolute atomic E-state index is 13.6. The Morgan fingerprint density at radius 2 is 1.45 bits per heavy atom. The van der Waals surface area contributed by atoms with Gasteiger partial charge in [-0.2, -0.15) is 0 Å². The average molecular weight is 447 g/mol. The SMILES string of the molecule is CCOc1c2c(c(OCC(C)C)c3ccccc13)C(=O)N(c1ccc(CC(=O)O)cc1)C2=O. The first kappa shape index (κ1) is 22.3. The zero-order valence-electron chi connectivity index (χ0n) is 18.8. The summed E-state index contributed by atoms with van der Waals surface area (Å²) in [7, 11) is 0. The van der Waals surface area contributed by atoms with Crippen molar-refractivity contribution in [3.8, 4) is 11.5 Å². The minimum atomic E-state index is -0.955. The summed E-state index contributed by atoms with van der Waals surface area (Å²) in [4.78, 5) is 39.3. The number of carboxylic acid groups (broad SMARTS) is 1. The summed E-state index contributed by atoms with van der Waals surface area (Å²) in [6, 6.07) is 13.8. The second-order valence-corrected chi connectivity index (χ2v) is 8.27. The monoisotopic (exact) mass is 447 g/mol. The minimum absolute atomic E-state index is 0.143. The Morgan fingerprint density at radius 1 is 0.909 bits per heavy atom. The van der Waals surface area contributed by atoms with Crippen molar-refractivity contribution >= 4 is 34.2 Å². The van der Waals surface area contributed by atoms with Gasteiger partial charge in [0.05, 0.1) is 36.4 Å². The van der Waals surface area contributed by atoms with Crippen LogP contribution in [0.4, 0.5) is 5.69 Å². The summed E-state index contributed by atoms with van der Waals surface area (Å²) >= 11 is 0. The molecule has 170 valence electrons. The summed E-state index contributed by atoms with van der Waals surface area (Å²) in [6.45, 7) is 6.55. The van der Waals surface area contributed by atoms with Gasteiger partial charge in [-0.1, -0.05) is 50.2 Å². The molecule has 1 N–H and O–H groups in total. The van der Waals surface area contributed by atoms with Gasteiger partial charge in [0.2, 0.25) is 0 Å². The number of hydrogen-bond acceptors (Lipinski definition) is 5. The molecule has 3 aromatic rings. The predicted molar refractivity (Wildman–Crippen MR) is 124 cm³/mol. The lowest BCUT2D eigenvalue weighted by atomic mass is 9.99. The van der Waals surface area contributed by atoms with Crippen molar-refractivity contribution in [3.05, 3.63) is 65.2 Å². The van der Waals surface area contributed by atoms with Crippen LogP contribution >= 0.6 is 0 Å². The van der Waals surface area contributed by atoms with Crippen molar-refractivity contribution < 1.29 is 29.0 Å². The zero-order chi connectivity index (χ0) is 23.7. The number of imide groups is 1. The minimum Gasteiger partial charge on any atom is -0.492 e. The molecule has 1 aliphatic heterocycles. The number of benzene rings is 3. The van der Waals surface area contributed by atoms with Gasteiger partial charge in [0.1, 0.15) is 11.5 Å². The summed E-state index contributed by atoms with van der Waals surface area (Å²) in [5, 5.41) is 10.4. The molecule has 33 heavy (non-hydrogen) atoms. The predicted octanol–water partition coefficient (Wildman–Crippen LogP) is 4.70. The van der Waals surface area contributed by atoms with E-state index in [4.69, 9.17) is 14.6 Å². The highest BCUT2D eigenvalue weighted by atomic mass is 16.5. The maximum atomic E-state index is 13.6. The van der Waals surface area contributed by atoms with Crippen LogP contribution in [0.3, 0.4) is 0 Å². The van der Waals surface area contributed by atoms with Gasteiger partial charge in [-0.25, -0.2) is 4.90 Å². The standard InChI is InChI=1S/C26H25NO6/c1-4-32-23-18-7-5-6-8-19(18)24(33-14-15(2)3)22-21(23)25(30)27(26(22)31)17-11-9-16(10-12-17)13-20(28)29/h5-12,15H,4,13-14H2,1-3H3,(H,28,29). The fraction of sp³-hybridized carbons (Fsp3) is 0.269. The second-order valence-electron chi connectivity index (χ2n) is 8.27. The number of carboxylic acids is 1. The molecule has 7 nitrogen and oxygen atoms in total. The molecule has 7 heteroatoms. The van der Waals surface area contributed by atoms with E-state index in [1.54, 1.807) is 24.3 Å². The summed E-state index contributed by atoms with van der Waals surface area (Å²) < 4.78 is 12.0. The molecule has 0 unspecified atom stereocenters. The van der Waals surface area contributed by atoms with Crippen molar-refractivity contribution in [2.75, 3.05) is 18.1 Å². The first-order chi connectivity index (χ1) is 15.8. The summed E-state index contributed by atoms with van der Waals surface area (Å²) in [5.74, 6) is -0.986. The first-order valence-electron chi connectivity index (χ1n) is 10.9. The van der Waals surface area contributed by atoms with Gasteiger partial charge in [0.15, 0.2) is 0 Å². The fourth-order valence-electron chi connectivity index (χ4n) is 3.97. The van der Waals surface area contributed by atoms with Crippen LogP contribution in [0.5, 0.6) is 11.5 Å². The highest BCUT2D eigenvalue weighted by Crippen LogP contribution is 2.46. The van der Waals surface area contributed by atoms with Gasteiger partial charge in [-0.05, 0) is 30.5 Å². The van der Waals surface area contributed by atoms with E-state index in [1.165, 1.54) is 0 Å². The molecular formula is C26H25NO6. The van der Waals surface area contributed by atoms with Gasteiger partial charge in [0, 0.05) is 10.8 Å². The molecule has 0 spiro atoms. The molecule has 0 aromatic heterocycles. The number of nitrogens with zero attached hydrogens (tertiary/aromatic N) is 1. The summed E-state index contributed by atoms with van der Waals surface area (Å²) in [5.41, 5.74) is 1.31. The Kier molecular flexibility index (Phi) is 6.05. The Morgan fingerprint density at radius 3 is 1.94 bits per heavy atom. The number of aliphatic carboxylic acids is 1. The molecule has 0 saturated carbocycles. The molecule has 0 saturated heterocycles. The third-order valence-electron chi connectivity index (χ3n) is 5.35. The molecule has 1 aliphatic rings. The molecule has 0 bridgehead atoms. The Labute approximate surface area is 191 Å². The lowest BCUT2D eigenvalue weighted by Gasteiger charge is -2.17. The number of ether oxygens (including phenoxy) is 2. The van der Waals surface area contributed by atoms with Gasteiger partial charge in [-0.15, -0.1) is 0 Å². The number of rotatable bonds is 8. The number of carbonyl (C=O) groups is 3. The van der Waals surface area contributed by atoms with E-state index in [1.807, 2.05) is 45.0 Å². The maximum Gasteiger partial charge on any atom is 0.307 e. The molecule has 2 amide bonds. The Hall–Kier alpha value is -3.87. The Balaban J connectivity index is 1.89. The van der Waals surface area contributed by atoms with E-state index in [2.05, 4.69) is 0 Å². The lowest BCUT2D eigenvalue weighted by Crippen LogP contribution is -2.29. The molecule has 0 fully saturated rings. The lowest BCUT2D eigenvalue weighted by molar-refractivity contribution is -0.136. The number of carbonyl (C=O) groups excluding carboxylic acids is 2. The fourth-order valence-corrected chi connectivity index (χ4v) is 3.97. The molecule has 0 aliphatic carbocycles. The van der Waals surface area contributed by atoms with E-state index in [0.717, 1.165) is 4.90 Å². The van der Waals surface area contributed by atoms with E-state index in [9.17, 15) is 14.4 Å². The number of anilines is 1. The normalized spacial score (nSPS) is 13.0. The second kappa shape index (κ2) is 8.94. The van der Waals surface area contributed by atoms with Crippen LogP contribution in [0.15, 0.2) is 48.5 Å². The molecule has 3 aromatic carbocycles. The van der Waals surface area contributed by atoms with Gasteiger partial charge < -0.3 is 14.6 Å². The quantitative estimate of drug-likeness (QED) is 0.503. The third-order valence-corrected chi connectivity index (χ3v) is 5.35. The van der Waals surface area contributed by atoms with Crippen molar-refractivity contribution in [2.24, 2.45) is 5.92 Å². The van der Waals surface area contributed by atoms with Crippen LogP contribution in [0, 0.1) is 5.92 Å². The van der Waals surface area contributed by atoms with Gasteiger partial charge in [-0.3, -0.25) is 14.4 Å². The third kappa shape index (κ3) is 4.02. The zero-order valence-corrected chi connectivity index (χ0v) is 18.8. The highest BCUT2D eigenvalue weighted by Gasteiger charge is 2.43. The number of amides is 2. The topological polar surface area (TPSA) is 93.1 Å². The van der Waals surface area contributed by atoms with Crippen LogP contribution in [0.25, 0.3) is 10.8 Å². The van der Waals surface area contributed by atoms with Crippen LogP contribution in [-0.2, 0) is 11.2 Å². The van der Waals surface area contributed by atoms with E-state index < -0.39 is 17.8 Å². The smallest absolute Gasteiger partial charge is 0.307 e. The molecule has 4 rings (SSSR count). The molecule has 0 atom stereocenters. The largest absolute Gasteiger partial charge is 0.492 e. The number of hydrogen-bond donors (Lipinski definition) is 1. The van der Waals surface area contributed by atoms with Gasteiger partial charge >= 0.3 is 5.97 Å². The van der Waals surface area contributed by atoms with Crippen molar-refractivity contribution in [1.82, 2.24) is 0 Å². The summed E-state index contributed by atoms with van der Waals surface area (Å²) in [6.07, 6.45) is -0.143. The van der Waals surface area contributed by atoms with Crippen LogP contribution in [0.2, 0.25) is 0 Å². The van der Waals surface area contributed by atoms with Crippen LogP contribution in [0.1, 0.15) is 47.1 Å². The average Bonchev–Trinajstić information content (AvgIpc) is 3.04. The highest BCUT2D eigenvalue weighted by molar-refractivity contribution is 6.38. The molecular weight excluding hydrogens is 422 g/mol.